The van der Waals surface area contributed by atoms with E-state index in [-0.39, 0.29) is 0 Å². The summed E-state index contributed by atoms with van der Waals surface area (Å²) in [5.41, 5.74) is 1.90. The minimum atomic E-state index is -4.33. The van der Waals surface area contributed by atoms with Gasteiger partial charge >= 0.3 is 6.18 Å². The lowest BCUT2D eigenvalue weighted by atomic mass is 9.98. The first-order chi connectivity index (χ1) is 15.5. The van der Waals surface area contributed by atoms with Crippen molar-refractivity contribution in [1.82, 2.24) is 9.80 Å². The Labute approximate surface area is 186 Å². The van der Waals surface area contributed by atoms with Gasteiger partial charge in [-0.15, -0.1) is 0 Å². The summed E-state index contributed by atoms with van der Waals surface area (Å²) in [7, 11) is 0. The number of alkyl halides is 3. The van der Waals surface area contributed by atoms with Crippen molar-refractivity contribution < 1.29 is 17.9 Å². The second-order valence-electron chi connectivity index (χ2n) is 8.80. The van der Waals surface area contributed by atoms with E-state index in [2.05, 4.69) is 9.80 Å². The van der Waals surface area contributed by atoms with E-state index in [9.17, 15) is 13.2 Å². The van der Waals surface area contributed by atoms with Crippen LogP contribution in [-0.4, -0.2) is 61.0 Å². The fraction of sp³-hybridized carbons (Fsp3) is 0.480. The summed E-state index contributed by atoms with van der Waals surface area (Å²) in [5.74, 6) is 1.74. The molecular formula is C25H28F3N3O. The third-order valence-electron chi connectivity index (χ3n) is 6.80. The van der Waals surface area contributed by atoms with Crippen LogP contribution in [0, 0.1) is 0 Å². The highest BCUT2D eigenvalue weighted by molar-refractivity contribution is 6.02. The van der Waals surface area contributed by atoms with Gasteiger partial charge in [-0.05, 0) is 74.2 Å². The number of rotatable bonds is 2. The largest absolute Gasteiger partial charge is 0.491 e. The number of aliphatic imine (C=N–C) groups is 1. The molecule has 3 aliphatic heterocycles. The molecule has 2 fully saturated rings. The first-order valence-corrected chi connectivity index (χ1v) is 11.5. The molecule has 0 aliphatic carbocycles. The minimum absolute atomic E-state index is 0.528. The molecular weight excluding hydrogens is 415 g/mol. The molecule has 0 spiro atoms. The van der Waals surface area contributed by atoms with Gasteiger partial charge in [-0.25, -0.2) is 0 Å². The third-order valence-corrected chi connectivity index (χ3v) is 6.80. The molecule has 0 unspecified atom stereocenters. The number of hydrogen-bond acceptors (Lipinski definition) is 4. The Kier molecular flexibility index (Phi) is 5.84. The van der Waals surface area contributed by atoms with Crippen LogP contribution in [0.5, 0.6) is 5.75 Å². The third kappa shape index (κ3) is 4.35. The van der Waals surface area contributed by atoms with Crippen molar-refractivity contribution in [2.75, 3.05) is 39.3 Å². The predicted octanol–water partition coefficient (Wildman–Crippen LogP) is 5.07. The number of benzene rings is 2. The van der Waals surface area contributed by atoms with Crippen LogP contribution in [0.3, 0.4) is 0 Å². The number of amidine groups is 1. The van der Waals surface area contributed by atoms with E-state index < -0.39 is 11.7 Å². The first kappa shape index (κ1) is 21.3. The van der Waals surface area contributed by atoms with Crippen molar-refractivity contribution in [2.45, 2.75) is 37.9 Å². The molecule has 7 heteroatoms. The Bertz CT molecular complexity index is 973. The van der Waals surface area contributed by atoms with Gasteiger partial charge in [0, 0.05) is 19.1 Å². The molecule has 170 valence electrons. The lowest BCUT2D eigenvalue weighted by molar-refractivity contribution is -0.137. The number of likely N-dealkylation sites (tertiary alicyclic amines) is 2. The second kappa shape index (κ2) is 8.77. The minimum Gasteiger partial charge on any atom is -0.491 e. The van der Waals surface area contributed by atoms with Crippen molar-refractivity contribution in [3.05, 3.63) is 53.6 Å². The summed E-state index contributed by atoms with van der Waals surface area (Å²) in [6.45, 7) is 5.50. The van der Waals surface area contributed by atoms with E-state index in [1.165, 1.54) is 38.1 Å². The van der Waals surface area contributed by atoms with E-state index in [1.807, 2.05) is 18.2 Å². The molecule has 0 atom stereocenters. The maximum Gasteiger partial charge on any atom is 0.416 e. The lowest BCUT2D eigenvalue weighted by Gasteiger charge is -2.38. The zero-order valence-electron chi connectivity index (χ0n) is 18.1. The van der Waals surface area contributed by atoms with Gasteiger partial charge in [0.05, 0.1) is 17.7 Å². The normalized spacial score (nSPS) is 20.5. The molecule has 0 aromatic heterocycles. The highest BCUT2D eigenvalue weighted by atomic mass is 19.4. The van der Waals surface area contributed by atoms with Crippen LogP contribution < -0.4 is 4.74 Å². The van der Waals surface area contributed by atoms with Crippen LogP contribution in [0.25, 0.3) is 11.1 Å². The monoisotopic (exact) mass is 443 g/mol. The Balaban J connectivity index is 1.38. The van der Waals surface area contributed by atoms with Gasteiger partial charge < -0.3 is 14.5 Å². The Morgan fingerprint density at radius 2 is 1.56 bits per heavy atom. The number of ether oxygens (including phenoxy) is 1. The maximum atomic E-state index is 12.9. The number of halogens is 3. The van der Waals surface area contributed by atoms with E-state index in [1.54, 1.807) is 0 Å². The number of fused-ring (bicyclic) bond motifs is 1. The SMILES string of the molecule is FC(F)(F)c1ccc(-c2ccc3c(c2)C(N2CCC(N4CCCC4)CC2)=NCCO3)cc1. The van der Waals surface area contributed by atoms with Gasteiger partial charge in [0.1, 0.15) is 18.2 Å². The average molecular weight is 444 g/mol. The molecule has 32 heavy (non-hydrogen) atoms. The Morgan fingerprint density at radius 1 is 0.875 bits per heavy atom. The Hall–Kier alpha value is -2.54. The van der Waals surface area contributed by atoms with Gasteiger partial charge in [0.15, 0.2) is 0 Å². The molecule has 2 saturated heterocycles. The topological polar surface area (TPSA) is 28.1 Å². The quantitative estimate of drug-likeness (QED) is 0.649. The van der Waals surface area contributed by atoms with Crippen LogP contribution in [0.1, 0.15) is 36.8 Å². The molecule has 0 amide bonds. The van der Waals surface area contributed by atoms with Gasteiger partial charge in [-0.2, -0.15) is 13.2 Å². The maximum absolute atomic E-state index is 12.9. The number of piperidine rings is 1. The van der Waals surface area contributed by atoms with E-state index in [4.69, 9.17) is 9.73 Å². The van der Waals surface area contributed by atoms with E-state index in [0.29, 0.717) is 19.2 Å². The molecule has 3 heterocycles. The molecule has 4 nitrogen and oxygen atoms in total. The summed E-state index contributed by atoms with van der Waals surface area (Å²) >= 11 is 0. The molecule has 0 N–H and O–H groups in total. The number of hydrogen-bond donors (Lipinski definition) is 0. The van der Waals surface area contributed by atoms with Gasteiger partial charge in [-0.1, -0.05) is 18.2 Å². The zero-order valence-corrected chi connectivity index (χ0v) is 18.1. The van der Waals surface area contributed by atoms with E-state index in [0.717, 1.165) is 66.3 Å². The molecule has 5 rings (SSSR count). The fourth-order valence-electron chi connectivity index (χ4n) is 5.07. The second-order valence-corrected chi connectivity index (χ2v) is 8.80. The standard InChI is InChI=1S/C25H28F3N3O/c26-25(27,28)20-6-3-18(4-7-20)19-5-8-23-22(17-19)24(29-11-16-32-23)31-14-9-21(10-15-31)30-12-1-2-13-30/h3-8,17,21H,1-2,9-16H2. The van der Waals surface area contributed by atoms with Crippen LogP contribution in [0.15, 0.2) is 47.5 Å². The van der Waals surface area contributed by atoms with Crippen LogP contribution in [0.4, 0.5) is 13.2 Å². The summed E-state index contributed by atoms with van der Waals surface area (Å²) in [4.78, 5) is 9.84. The summed E-state index contributed by atoms with van der Waals surface area (Å²) in [5, 5.41) is 0. The van der Waals surface area contributed by atoms with Gasteiger partial charge in [0.25, 0.3) is 0 Å². The van der Waals surface area contributed by atoms with Crippen molar-refractivity contribution in [1.29, 1.82) is 0 Å². The highest BCUT2D eigenvalue weighted by Gasteiger charge is 2.31. The van der Waals surface area contributed by atoms with Crippen molar-refractivity contribution >= 4 is 5.84 Å². The predicted molar refractivity (Wildman–Crippen MR) is 119 cm³/mol. The first-order valence-electron chi connectivity index (χ1n) is 11.5. The van der Waals surface area contributed by atoms with E-state index >= 15 is 0 Å². The zero-order chi connectivity index (χ0) is 22.1. The Morgan fingerprint density at radius 3 is 2.25 bits per heavy atom. The van der Waals surface area contributed by atoms with Crippen LogP contribution in [0.2, 0.25) is 0 Å². The van der Waals surface area contributed by atoms with Gasteiger partial charge in [0.2, 0.25) is 0 Å². The fourth-order valence-corrected chi connectivity index (χ4v) is 5.07. The van der Waals surface area contributed by atoms with Crippen molar-refractivity contribution in [3.8, 4) is 16.9 Å². The summed E-state index contributed by atoms with van der Waals surface area (Å²) in [6.07, 6.45) is 0.553. The molecule has 0 radical (unpaired) electrons. The lowest BCUT2D eigenvalue weighted by Crippen LogP contribution is -2.46. The molecule has 0 bridgehead atoms. The summed E-state index contributed by atoms with van der Waals surface area (Å²) in [6, 6.07) is 11.8. The van der Waals surface area contributed by atoms with Crippen LogP contribution in [-0.2, 0) is 6.18 Å². The molecule has 0 saturated carbocycles. The molecule has 2 aromatic rings. The molecule has 2 aromatic carbocycles. The van der Waals surface area contributed by atoms with Gasteiger partial charge in [-0.3, -0.25) is 4.99 Å². The van der Waals surface area contributed by atoms with Crippen LogP contribution >= 0.6 is 0 Å². The highest BCUT2D eigenvalue weighted by Crippen LogP contribution is 2.34. The average Bonchev–Trinajstić information content (AvgIpc) is 3.26. The molecule has 3 aliphatic rings. The number of nitrogens with zero attached hydrogens (tertiary/aromatic N) is 3. The smallest absolute Gasteiger partial charge is 0.416 e. The van der Waals surface area contributed by atoms with Crippen molar-refractivity contribution in [2.24, 2.45) is 4.99 Å². The van der Waals surface area contributed by atoms with Crippen molar-refractivity contribution in [3.63, 3.8) is 0 Å². The summed E-state index contributed by atoms with van der Waals surface area (Å²) < 4.78 is 44.7.